The quantitative estimate of drug-likeness (QED) is 0.528. The second-order valence-corrected chi connectivity index (χ2v) is 11.2. The number of rotatable bonds is 8. The van der Waals surface area contributed by atoms with Crippen molar-refractivity contribution in [1.29, 1.82) is 0 Å². The van der Waals surface area contributed by atoms with Crippen LogP contribution in [0.3, 0.4) is 0 Å². The first-order chi connectivity index (χ1) is 16.3. The number of hydrogen-bond donors (Lipinski definition) is 2. The lowest BCUT2D eigenvalue weighted by molar-refractivity contribution is -0.143. The predicted molar refractivity (Wildman–Crippen MR) is 139 cm³/mol. The molecular weight excluding hydrogens is 442 g/mol. The summed E-state index contributed by atoms with van der Waals surface area (Å²) in [4.78, 5) is 41.7. The molecule has 0 heterocycles. The van der Waals surface area contributed by atoms with Crippen LogP contribution in [0.4, 0.5) is 4.79 Å². The van der Waals surface area contributed by atoms with Crippen molar-refractivity contribution in [2.75, 3.05) is 6.54 Å². The summed E-state index contributed by atoms with van der Waals surface area (Å²) >= 11 is 0. The molecule has 0 aliphatic heterocycles. The van der Waals surface area contributed by atoms with E-state index in [-0.39, 0.29) is 23.8 Å². The number of carbonyl (C=O) groups is 3. The summed E-state index contributed by atoms with van der Waals surface area (Å²) in [5, 5.41) is 5.97. The standard InChI is InChI=1S/C28H45N3O4/c1-9-31(26(33)23(18(2)3)30-27(34)35-28(6,7)8)24(21-16-19(4)15-20(5)17-21)25(32)29-22-13-11-10-12-14-22/h15-18,22-24H,9-14H2,1-8H3,(H,29,32)(H,30,34). The maximum absolute atomic E-state index is 13.9. The first-order valence-electron chi connectivity index (χ1n) is 13.0. The number of likely N-dealkylation sites (N-methyl/N-ethyl adjacent to an activating group) is 1. The molecule has 3 amide bonds. The van der Waals surface area contributed by atoms with Crippen molar-refractivity contribution in [3.63, 3.8) is 0 Å². The number of ether oxygens (including phenoxy) is 1. The summed E-state index contributed by atoms with van der Waals surface area (Å²) in [7, 11) is 0. The Kier molecular flexibility index (Phi) is 10.2. The van der Waals surface area contributed by atoms with Gasteiger partial charge in [-0.2, -0.15) is 0 Å². The maximum Gasteiger partial charge on any atom is 0.408 e. The van der Waals surface area contributed by atoms with Crippen LogP contribution in [0.25, 0.3) is 0 Å². The highest BCUT2D eigenvalue weighted by Gasteiger charge is 2.37. The molecule has 0 radical (unpaired) electrons. The third-order valence-electron chi connectivity index (χ3n) is 6.30. The molecule has 2 atom stereocenters. The topological polar surface area (TPSA) is 87.7 Å². The van der Waals surface area contributed by atoms with Gasteiger partial charge in [0, 0.05) is 12.6 Å². The fraction of sp³-hybridized carbons (Fsp3) is 0.679. The molecule has 35 heavy (non-hydrogen) atoms. The molecular formula is C28H45N3O4. The van der Waals surface area contributed by atoms with E-state index in [2.05, 4.69) is 16.7 Å². The van der Waals surface area contributed by atoms with Crippen molar-refractivity contribution in [2.24, 2.45) is 5.92 Å². The van der Waals surface area contributed by atoms with Gasteiger partial charge in [-0.1, -0.05) is 62.4 Å². The third kappa shape index (κ3) is 8.55. The highest BCUT2D eigenvalue weighted by atomic mass is 16.6. The van der Waals surface area contributed by atoms with E-state index in [4.69, 9.17) is 4.74 Å². The molecule has 7 heteroatoms. The molecule has 0 bridgehead atoms. The number of nitrogens with zero attached hydrogens (tertiary/aromatic N) is 1. The molecule has 1 fully saturated rings. The Balaban J connectivity index is 2.40. The van der Waals surface area contributed by atoms with Gasteiger partial charge in [-0.25, -0.2) is 4.79 Å². The van der Waals surface area contributed by atoms with Crippen LogP contribution in [0.2, 0.25) is 0 Å². The fourth-order valence-electron chi connectivity index (χ4n) is 4.76. The van der Waals surface area contributed by atoms with Crippen molar-refractivity contribution in [1.82, 2.24) is 15.5 Å². The molecule has 0 spiro atoms. The molecule has 1 aliphatic rings. The van der Waals surface area contributed by atoms with Crippen LogP contribution >= 0.6 is 0 Å². The number of carbonyl (C=O) groups excluding carboxylic acids is 3. The van der Waals surface area contributed by atoms with Gasteiger partial charge in [0.1, 0.15) is 17.7 Å². The van der Waals surface area contributed by atoms with E-state index in [1.165, 1.54) is 6.42 Å². The second kappa shape index (κ2) is 12.4. The van der Waals surface area contributed by atoms with E-state index in [1.807, 2.05) is 46.8 Å². The third-order valence-corrected chi connectivity index (χ3v) is 6.30. The first-order valence-corrected chi connectivity index (χ1v) is 13.0. The van der Waals surface area contributed by atoms with Gasteiger partial charge < -0.3 is 20.3 Å². The van der Waals surface area contributed by atoms with E-state index in [0.717, 1.165) is 42.4 Å². The smallest absolute Gasteiger partial charge is 0.408 e. The van der Waals surface area contributed by atoms with Gasteiger partial charge in [0.15, 0.2) is 0 Å². The van der Waals surface area contributed by atoms with E-state index < -0.39 is 23.8 Å². The van der Waals surface area contributed by atoms with Gasteiger partial charge >= 0.3 is 6.09 Å². The van der Waals surface area contributed by atoms with Crippen molar-refractivity contribution in [2.45, 2.75) is 111 Å². The number of hydrogen-bond acceptors (Lipinski definition) is 4. The molecule has 1 aromatic rings. The minimum Gasteiger partial charge on any atom is -0.444 e. The molecule has 1 aliphatic carbocycles. The summed E-state index contributed by atoms with van der Waals surface area (Å²) in [5.41, 5.74) is 2.17. The Labute approximate surface area is 211 Å². The number of benzene rings is 1. The lowest BCUT2D eigenvalue weighted by Gasteiger charge is -2.36. The molecule has 0 aromatic heterocycles. The largest absolute Gasteiger partial charge is 0.444 e. The van der Waals surface area contributed by atoms with Crippen molar-refractivity contribution in [3.05, 3.63) is 34.9 Å². The highest BCUT2D eigenvalue weighted by molar-refractivity contribution is 5.92. The van der Waals surface area contributed by atoms with Crippen LogP contribution in [-0.4, -0.2) is 47.0 Å². The summed E-state index contributed by atoms with van der Waals surface area (Å²) < 4.78 is 5.41. The molecule has 2 rings (SSSR count). The van der Waals surface area contributed by atoms with Gasteiger partial charge in [-0.15, -0.1) is 0 Å². The average Bonchev–Trinajstić information content (AvgIpc) is 2.73. The summed E-state index contributed by atoms with van der Waals surface area (Å²) in [6, 6.07) is 4.52. The van der Waals surface area contributed by atoms with E-state index in [0.29, 0.717) is 6.54 Å². The van der Waals surface area contributed by atoms with Crippen LogP contribution in [0.1, 0.15) is 96.4 Å². The zero-order valence-electron chi connectivity index (χ0n) is 22.9. The maximum atomic E-state index is 13.9. The van der Waals surface area contributed by atoms with Crippen molar-refractivity contribution < 1.29 is 19.1 Å². The Morgan fingerprint density at radius 3 is 2.09 bits per heavy atom. The minimum absolute atomic E-state index is 0.124. The Morgan fingerprint density at radius 2 is 1.60 bits per heavy atom. The summed E-state index contributed by atoms with van der Waals surface area (Å²) in [6.45, 7) is 15.3. The lowest BCUT2D eigenvalue weighted by atomic mass is 9.93. The van der Waals surface area contributed by atoms with Gasteiger partial charge in [-0.3, -0.25) is 9.59 Å². The number of alkyl carbamates (subject to hydrolysis) is 1. The van der Waals surface area contributed by atoms with Gasteiger partial charge in [-0.05, 0) is 65.9 Å². The Morgan fingerprint density at radius 1 is 1.03 bits per heavy atom. The average molecular weight is 488 g/mol. The Hall–Kier alpha value is -2.57. The first kappa shape index (κ1) is 28.7. The zero-order chi connectivity index (χ0) is 26.3. The molecule has 196 valence electrons. The summed E-state index contributed by atoms with van der Waals surface area (Å²) in [6.07, 6.45) is 4.67. The van der Waals surface area contributed by atoms with Gasteiger partial charge in [0.05, 0.1) is 0 Å². The van der Waals surface area contributed by atoms with E-state index in [9.17, 15) is 14.4 Å². The molecule has 1 aromatic carbocycles. The van der Waals surface area contributed by atoms with Gasteiger partial charge in [0.2, 0.25) is 11.8 Å². The summed E-state index contributed by atoms with van der Waals surface area (Å²) in [5.74, 6) is -0.654. The van der Waals surface area contributed by atoms with Crippen LogP contribution in [-0.2, 0) is 14.3 Å². The van der Waals surface area contributed by atoms with E-state index in [1.54, 1.807) is 25.7 Å². The normalized spacial score (nSPS) is 16.4. The Bertz CT molecular complexity index is 864. The highest BCUT2D eigenvalue weighted by Crippen LogP contribution is 2.27. The fourth-order valence-corrected chi connectivity index (χ4v) is 4.76. The zero-order valence-corrected chi connectivity index (χ0v) is 22.9. The second-order valence-electron chi connectivity index (χ2n) is 11.2. The van der Waals surface area contributed by atoms with Crippen molar-refractivity contribution in [3.8, 4) is 0 Å². The minimum atomic E-state index is -0.819. The monoisotopic (exact) mass is 487 g/mol. The van der Waals surface area contributed by atoms with Crippen molar-refractivity contribution >= 4 is 17.9 Å². The molecule has 1 saturated carbocycles. The van der Waals surface area contributed by atoms with E-state index >= 15 is 0 Å². The van der Waals surface area contributed by atoms with Crippen LogP contribution in [0, 0.1) is 19.8 Å². The molecule has 7 nitrogen and oxygen atoms in total. The molecule has 0 saturated heterocycles. The van der Waals surface area contributed by atoms with Gasteiger partial charge in [0.25, 0.3) is 0 Å². The number of nitrogens with one attached hydrogen (secondary N) is 2. The number of aryl methyl sites for hydroxylation is 2. The van der Waals surface area contributed by atoms with Crippen LogP contribution in [0.15, 0.2) is 18.2 Å². The predicted octanol–water partition coefficient (Wildman–Crippen LogP) is 5.19. The van der Waals surface area contributed by atoms with Crippen LogP contribution < -0.4 is 10.6 Å². The van der Waals surface area contributed by atoms with Crippen LogP contribution in [0.5, 0.6) is 0 Å². The molecule has 2 unspecified atom stereocenters. The SMILES string of the molecule is CCN(C(=O)C(NC(=O)OC(C)(C)C)C(C)C)C(C(=O)NC1CCCCC1)c1cc(C)cc(C)c1. The molecule has 2 N–H and O–H groups in total. The lowest BCUT2D eigenvalue weighted by Crippen LogP contribution is -2.55. The number of amides is 3.